The Labute approximate surface area is 288 Å². The Morgan fingerprint density at radius 2 is 1.36 bits per heavy atom. The third-order valence-electron chi connectivity index (χ3n) is 9.55. The summed E-state index contributed by atoms with van der Waals surface area (Å²) in [5.74, 6) is -1.99. The van der Waals surface area contributed by atoms with Crippen LogP contribution in [0, 0.1) is 20.2 Å². The number of aliphatic hydroxyl groups is 1. The van der Waals surface area contributed by atoms with Crippen LogP contribution in [0.3, 0.4) is 0 Å². The Balaban J connectivity index is 1.56. The highest BCUT2D eigenvalue weighted by atomic mass is 32.2. The number of nitrogens with zero attached hydrogens (tertiary/aromatic N) is 4. The smallest absolute Gasteiger partial charge is 0.269 e. The fraction of sp³-hybridized carbons (Fsp3) is 0.406. The SMILES string of the molecule is CC1(C)/C(=C\C2=C(O)C(=CC3N(CCCS(=O)(=O)O)c4ccc([N+](=O)[O-])cc4C3(C)C)C2=O)N(CCCS(=O)(=O)O)c2ccc([N+](=O)[O-])cc21. The van der Waals surface area contributed by atoms with Gasteiger partial charge in [0, 0.05) is 65.3 Å². The summed E-state index contributed by atoms with van der Waals surface area (Å²) >= 11 is 0. The molecule has 2 heterocycles. The average molecular weight is 733 g/mol. The van der Waals surface area contributed by atoms with Gasteiger partial charge < -0.3 is 14.9 Å². The molecule has 3 aliphatic rings. The number of anilines is 2. The van der Waals surface area contributed by atoms with Crippen molar-refractivity contribution in [2.45, 2.75) is 57.4 Å². The molecule has 5 rings (SSSR count). The van der Waals surface area contributed by atoms with Gasteiger partial charge in [-0.3, -0.25) is 34.1 Å². The highest BCUT2D eigenvalue weighted by Crippen LogP contribution is 2.51. The van der Waals surface area contributed by atoms with Crippen LogP contribution in [0.2, 0.25) is 0 Å². The second-order valence-corrected chi connectivity index (χ2v) is 16.7. The van der Waals surface area contributed by atoms with Crippen LogP contribution in [0.1, 0.15) is 51.7 Å². The predicted octanol–water partition coefficient (Wildman–Crippen LogP) is 4.53. The number of nitro benzene ring substituents is 2. The number of rotatable bonds is 12. The number of hydrogen-bond donors (Lipinski definition) is 3. The van der Waals surface area contributed by atoms with Crippen molar-refractivity contribution in [1.29, 1.82) is 0 Å². The van der Waals surface area contributed by atoms with Crippen LogP contribution in [0.15, 0.2) is 71.2 Å². The average Bonchev–Trinajstić information content (AvgIpc) is 3.34. The normalized spacial score (nSPS) is 21.1. The molecule has 0 spiro atoms. The molecule has 268 valence electrons. The first-order chi connectivity index (χ1) is 23.0. The fourth-order valence-corrected chi connectivity index (χ4v) is 7.97. The first-order valence-electron chi connectivity index (χ1n) is 15.5. The van der Waals surface area contributed by atoms with Gasteiger partial charge in [0.2, 0.25) is 0 Å². The monoisotopic (exact) mass is 732 g/mol. The van der Waals surface area contributed by atoms with Gasteiger partial charge in [0.05, 0.1) is 38.5 Å². The minimum absolute atomic E-state index is 0.000644. The van der Waals surface area contributed by atoms with E-state index in [1.165, 1.54) is 48.6 Å². The largest absolute Gasteiger partial charge is 0.506 e. The number of benzene rings is 2. The molecule has 0 amide bonds. The van der Waals surface area contributed by atoms with E-state index in [4.69, 9.17) is 0 Å². The first kappa shape index (κ1) is 36.6. The lowest BCUT2D eigenvalue weighted by molar-refractivity contribution is -0.385. The lowest BCUT2D eigenvalue weighted by Crippen LogP contribution is -2.42. The van der Waals surface area contributed by atoms with Crippen molar-refractivity contribution in [1.82, 2.24) is 0 Å². The van der Waals surface area contributed by atoms with E-state index in [0.717, 1.165) is 0 Å². The zero-order chi connectivity index (χ0) is 37.1. The van der Waals surface area contributed by atoms with Crippen LogP contribution in [-0.2, 0) is 35.9 Å². The molecule has 0 fully saturated rings. The van der Waals surface area contributed by atoms with Crippen LogP contribution in [0.5, 0.6) is 0 Å². The summed E-state index contributed by atoms with van der Waals surface area (Å²) in [4.78, 5) is 39.2. The summed E-state index contributed by atoms with van der Waals surface area (Å²) in [6, 6.07) is 7.81. The van der Waals surface area contributed by atoms with Gasteiger partial charge in [-0.2, -0.15) is 16.8 Å². The maximum absolute atomic E-state index is 13.7. The topological polar surface area (TPSA) is 239 Å². The molecule has 0 saturated carbocycles. The van der Waals surface area contributed by atoms with Crippen LogP contribution in [0.25, 0.3) is 0 Å². The van der Waals surface area contributed by atoms with Crippen molar-refractivity contribution in [3.05, 3.63) is 103 Å². The predicted molar refractivity (Wildman–Crippen MR) is 184 cm³/mol. The molecule has 16 nitrogen and oxygen atoms in total. The number of carbonyl (C=O) groups is 1. The maximum Gasteiger partial charge on any atom is 0.269 e. The van der Waals surface area contributed by atoms with Gasteiger partial charge in [-0.05, 0) is 48.3 Å². The fourth-order valence-electron chi connectivity index (χ4n) is 6.99. The lowest BCUT2D eigenvalue weighted by atomic mass is 9.76. The molecule has 18 heteroatoms. The van der Waals surface area contributed by atoms with Crippen molar-refractivity contribution >= 4 is 48.8 Å². The van der Waals surface area contributed by atoms with Crippen LogP contribution in [-0.4, -0.2) is 77.3 Å². The number of nitro groups is 2. The standard InChI is InChI=1S/C32H36N4O12S2/c1-31(2)23-15-19(35(39)40)7-9-25(23)33(11-5-13-49(43,44)45)27(31)17-21-29(37)22(30(21)38)18-28-32(3,4)24-16-20(36(41)42)8-10-26(24)34(28)12-6-14-50(46,47)48/h7-10,15-18,27,37H,5-6,11-14H2,1-4H3,(H,43,44,45)(H,46,47,48)/b21-17?,28-18+. The Morgan fingerprint density at radius 1 is 0.840 bits per heavy atom. The van der Waals surface area contributed by atoms with E-state index in [2.05, 4.69) is 0 Å². The zero-order valence-corrected chi connectivity index (χ0v) is 29.2. The highest BCUT2D eigenvalue weighted by Gasteiger charge is 2.47. The molecule has 2 aromatic carbocycles. The van der Waals surface area contributed by atoms with Crippen molar-refractivity contribution < 1.29 is 45.7 Å². The van der Waals surface area contributed by atoms with Gasteiger partial charge in [0.15, 0.2) is 5.78 Å². The number of fused-ring (bicyclic) bond motifs is 2. The van der Waals surface area contributed by atoms with E-state index in [1.54, 1.807) is 37.5 Å². The molecule has 2 aliphatic heterocycles. The van der Waals surface area contributed by atoms with E-state index in [-0.39, 0.29) is 54.2 Å². The maximum atomic E-state index is 13.7. The number of allylic oxidation sites excluding steroid dienone is 4. The van der Waals surface area contributed by atoms with Gasteiger partial charge >= 0.3 is 0 Å². The van der Waals surface area contributed by atoms with Gasteiger partial charge in [-0.15, -0.1) is 0 Å². The van der Waals surface area contributed by atoms with Gasteiger partial charge in [-0.1, -0.05) is 27.7 Å². The van der Waals surface area contributed by atoms with E-state index >= 15 is 0 Å². The van der Waals surface area contributed by atoms with Crippen molar-refractivity contribution in [2.24, 2.45) is 0 Å². The van der Waals surface area contributed by atoms with Crippen molar-refractivity contribution in [2.75, 3.05) is 34.4 Å². The Bertz CT molecular complexity index is 2140. The van der Waals surface area contributed by atoms with Crippen LogP contribution in [0.4, 0.5) is 22.7 Å². The summed E-state index contributed by atoms with van der Waals surface area (Å²) < 4.78 is 64.4. The Morgan fingerprint density at radius 3 is 1.88 bits per heavy atom. The number of non-ortho nitro benzene ring substituents is 2. The second kappa shape index (κ2) is 12.6. The number of aliphatic hydroxyl groups excluding tert-OH is 1. The molecule has 0 saturated heterocycles. The zero-order valence-electron chi connectivity index (χ0n) is 27.6. The summed E-state index contributed by atoms with van der Waals surface area (Å²) in [6.45, 7) is 7.29. The molecule has 1 atom stereocenters. The van der Waals surface area contributed by atoms with E-state index < -0.39 is 64.2 Å². The van der Waals surface area contributed by atoms with Crippen LogP contribution < -0.4 is 9.80 Å². The van der Waals surface area contributed by atoms with Crippen molar-refractivity contribution in [3.63, 3.8) is 0 Å². The second-order valence-electron chi connectivity index (χ2n) is 13.5. The minimum Gasteiger partial charge on any atom is -0.506 e. The molecule has 50 heavy (non-hydrogen) atoms. The lowest BCUT2D eigenvalue weighted by Gasteiger charge is -2.34. The molecule has 1 aliphatic carbocycles. The number of Topliss-reactive ketones (excluding diaryl/α,β-unsaturated/α-hetero) is 1. The van der Waals surface area contributed by atoms with E-state index in [0.29, 0.717) is 28.2 Å². The molecule has 1 unspecified atom stereocenters. The number of carbonyl (C=O) groups excluding carboxylic acids is 1. The quantitative estimate of drug-likeness (QED) is 0.118. The molecule has 0 radical (unpaired) electrons. The van der Waals surface area contributed by atoms with E-state index in [1.807, 2.05) is 0 Å². The Hall–Kier alpha value is -4.65. The summed E-state index contributed by atoms with van der Waals surface area (Å²) in [5.41, 5.74) is 0.397. The minimum atomic E-state index is -4.29. The summed E-state index contributed by atoms with van der Waals surface area (Å²) in [6.07, 6.45) is 2.96. The Kier molecular flexibility index (Phi) is 9.23. The first-order valence-corrected chi connectivity index (χ1v) is 18.7. The highest BCUT2D eigenvalue weighted by molar-refractivity contribution is 7.86. The van der Waals surface area contributed by atoms with Gasteiger partial charge in [0.1, 0.15) is 5.76 Å². The molecule has 2 aromatic rings. The van der Waals surface area contributed by atoms with Gasteiger partial charge in [-0.25, -0.2) is 0 Å². The molecule has 3 N–H and O–H groups in total. The third-order valence-corrected chi connectivity index (χ3v) is 11.2. The summed E-state index contributed by atoms with van der Waals surface area (Å²) in [7, 11) is -8.57. The number of ketones is 1. The molecule has 0 aromatic heterocycles. The van der Waals surface area contributed by atoms with Crippen molar-refractivity contribution in [3.8, 4) is 0 Å². The van der Waals surface area contributed by atoms with Crippen LogP contribution >= 0.6 is 0 Å². The van der Waals surface area contributed by atoms with Gasteiger partial charge in [0.25, 0.3) is 31.6 Å². The molecule has 0 bridgehead atoms. The third kappa shape index (κ3) is 6.75. The molecular weight excluding hydrogens is 697 g/mol. The van der Waals surface area contributed by atoms with E-state index in [9.17, 15) is 56.1 Å². The summed E-state index contributed by atoms with van der Waals surface area (Å²) in [5, 5.41) is 34.4. The molecular formula is C32H36N4O12S2. The number of hydrogen-bond acceptors (Lipinski definition) is 12.